The van der Waals surface area contributed by atoms with Crippen molar-refractivity contribution in [2.45, 2.75) is 44.2 Å². The van der Waals surface area contributed by atoms with Crippen molar-refractivity contribution in [1.29, 1.82) is 0 Å². The third-order valence-corrected chi connectivity index (χ3v) is 7.53. The lowest BCUT2D eigenvalue weighted by Gasteiger charge is -2.23. The fourth-order valence-corrected chi connectivity index (χ4v) is 4.84. The second-order valence-electron chi connectivity index (χ2n) is 10.2. The molecule has 3 aromatic rings. The molecule has 2 fully saturated rings. The average molecular weight is 614 g/mol. The van der Waals surface area contributed by atoms with Gasteiger partial charge in [-0.3, -0.25) is 14.2 Å². The lowest BCUT2D eigenvalue weighted by Crippen LogP contribution is -2.31. The number of ether oxygens (including phenoxy) is 1. The first-order valence-electron chi connectivity index (χ1n) is 12.9. The lowest BCUT2D eigenvalue weighted by molar-refractivity contribution is 0.0950. The van der Waals surface area contributed by atoms with Crippen molar-refractivity contribution < 1.29 is 23.8 Å². The van der Waals surface area contributed by atoms with Crippen molar-refractivity contribution in [3.05, 3.63) is 80.1 Å². The maximum atomic E-state index is 14.9. The highest BCUT2D eigenvalue weighted by atomic mass is 79.9. The summed E-state index contributed by atoms with van der Waals surface area (Å²) in [6.45, 7) is 1.90. The van der Waals surface area contributed by atoms with Gasteiger partial charge in [-0.05, 0) is 66.7 Å². The first kappa shape index (κ1) is 27.6. The van der Waals surface area contributed by atoms with E-state index < -0.39 is 23.0 Å². The van der Waals surface area contributed by atoms with Gasteiger partial charge in [-0.25, -0.2) is 14.2 Å². The SMILES string of the molecule is Cc1c(F)cc(C(=O)NC2CC2)cc1-n1cc(Br)nc(NC2(c3ccccc3OCCN(C)C(=O)O)CC2)c1=O. The van der Waals surface area contributed by atoms with Gasteiger partial charge in [0.1, 0.15) is 22.8 Å². The molecule has 1 heterocycles. The molecule has 2 aliphatic rings. The number of rotatable bonds is 10. The van der Waals surface area contributed by atoms with Gasteiger partial charge in [0.25, 0.3) is 11.5 Å². The zero-order valence-corrected chi connectivity index (χ0v) is 23.6. The number of halogens is 2. The summed E-state index contributed by atoms with van der Waals surface area (Å²) in [5.74, 6) is -0.342. The Morgan fingerprint density at radius 1 is 1.27 bits per heavy atom. The van der Waals surface area contributed by atoms with Crippen molar-refractivity contribution in [1.82, 2.24) is 19.8 Å². The molecule has 1 aromatic heterocycles. The highest BCUT2D eigenvalue weighted by Gasteiger charge is 2.47. The van der Waals surface area contributed by atoms with E-state index in [2.05, 4.69) is 31.5 Å². The van der Waals surface area contributed by atoms with E-state index in [1.54, 1.807) is 13.0 Å². The summed E-state index contributed by atoms with van der Waals surface area (Å²) in [5.41, 5.74) is 0.304. The Morgan fingerprint density at radius 3 is 2.67 bits per heavy atom. The van der Waals surface area contributed by atoms with Crippen LogP contribution in [-0.2, 0) is 5.54 Å². The molecule has 0 atom stereocenters. The normalized spacial score (nSPS) is 15.3. The van der Waals surface area contributed by atoms with Gasteiger partial charge in [0.05, 0.1) is 17.8 Å². The summed E-state index contributed by atoms with van der Waals surface area (Å²) in [4.78, 5) is 42.9. The fourth-order valence-electron chi connectivity index (χ4n) is 4.45. The number of carbonyl (C=O) groups excluding carboxylic acids is 1. The number of aromatic nitrogens is 2. The van der Waals surface area contributed by atoms with E-state index in [0.717, 1.165) is 23.3 Å². The van der Waals surface area contributed by atoms with Gasteiger partial charge < -0.3 is 25.4 Å². The number of anilines is 1. The molecule has 2 saturated carbocycles. The molecular formula is C28H29BrFN5O5. The Labute approximate surface area is 238 Å². The molecule has 10 nitrogen and oxygen atoms in total. The highest BCUT2D eigenvalue weighted by Crippen LogP contribution is 2.50. The minimum Gasteiger partial charge on any atom is -0.491 e. The molecule has 3 N–H and O–H groups in total. The number of carboxylic acid groups (broad SMARTS) is 1. The molecule has 210 valence electrons. The molecule has 40 heavy (non-hydrogen) atoms. The third kappa shape index (κ3) is 5.81. The molecule has 0 spiro atoms. The zero-order chi connectivity index (χ0) is 28.6. The third-order valence-electron chi connectivity index (χ3n) is 7.15. The van der Waals surface area contributed by atoms with Crippen LogP contribution in [0.25, 0.3) is 5.69 Å². The minimum absolute atomic E-state index is 0.0555. The fraction of sp³-hybridized carbons (Fsp3) is 0.357. The molecule has 0 unspecified atom stereocenters. The summed E-state index contributed by atoms with van der Waals surface area (Å²) in [7, 11) is 1.47. The largest absolute Gasteiger partial charge is 0.491 e. The molecule has 5 rings (SSSR count). The van der Waals surface area contributed by atoms with E-state index in [-0.39, 0.29) is 47.7 Å². The molecule has 0 saturated heterocycles. The van der Waals surface area contributed by atoms with E-state index in [1.807, 2.05) is 18.2 Å². The first-order valence-corrected chi connectivity index (χ1v) is 13.7. The predicted octanol–water partition coefficient (Wildman–Crippen LogP) is 4.42. The number of likely N-dealkylation sites (N-methyl/N-ethyl adjacent to an activating group) is 1. The van der Waals surface area contributed by atoms with E-state index in [9.17, 15) is 18.8 Å². The van der Waals surface area contributed by atoms with Gasteiger partial charge in [0.2, 0.25) is 0 Å². The van der Waals surface area contributed by atoms with Crippen LogP contribution in [0.4, 0.5) is 15.0 Å². The topological polar surface area (TPSA) is 126 Å². The number of nitrogens with one attached hydrogen (secondary N) is 2. The van der Waals surface area contributed by atoms with E-state index in [4.69, 9.17) is 9.84 Å². The van der Waals surface area contributed by atoms with Crippen LogP contribution in [-0.4, -0.2) is 57.8 Å². The van der Waals surface area contributed by atoms with Crippen LogP contribution >= 0.6 is 15.9 Å². The Hall–Kier alpha value is -3.93. The number of hydrogen-bond acceptors (Lipinski definition) is 6. The van der Waals surface area contributed by atoms with Gasteiger partial charge in [0.15, 0.2) is 5.82 Å². The van der Waals surface area contributed by atoms with Crippen LogP contribution < -0.4 is 20.9 Å². The second-order valence-corrected chi connectivity index (χ2v) is 11.0. The Bertz CT molecular complexity index is 1540. The van der Waals surface area contributed by atoms with Gasteiger partial charge in [-0.1, -0.05) is 18.2 Å². The Kier molecular flexibility index (Phi) is 7.54. The molecule has 0 bridgehead atoms. The summed E-state index contributed by atoms with van der Waals surface area (Å²) >= 11 is 3.37. The van der Waals surface area contributed by atoms with E-state index >= 15 is 0 Å². The molecule has 2 aliphatic carbocycles. The van der Waals surface area contributed by atoms with Crippen LogP contribution in [0.3, 0.4) is 0 Å². The van der Waals surface area contributed by atoms with Crippen LogP contribution in [0.2, 0.25) is 0 Å². The smallest absolute Gasteiger partial charge is 0.407 e. The quantitative estimate of drug-likeness (QED) is 0.309. The van der Waals surface area contributed by atoms with Gasteiger partial charge >= 0.3 is 6.09 Å². The van der Waals surface area contributed by atoms with Crippen molar-refractivity contribution >= 4 is 33.7 Å². The van der Waals surface area contributed by atoms with Crippen LogP contribution in [0.5, 0.6) is 5.75 Å². The second kappa shape index (κ2) is 10.9. The lowest BCUT2D eigenvalue weighted by atomic mass is 10.0. The van der Waals surface area contributed by atoms with Gasteiger partial charge in [-0.2, -0.15) is 0 Å². The van der Waals surface area contributed by atoms with Gasteiger partial charge in [-0.15, -0.1) is 0 Å². The van der Waals surface area contributed by atoms with Gasteiger partial charge in [0, 0.05) is 36.0 Å². The Balaban J connectivity index is 1.45. The number of nitrogens with zero attached hydrogens (tertiary/aromatic N) is 3. The summed E-state index contributed by atoms with van der Waals surface area (Å²) < 4.78 is 22.5. The van der Waals surface area contributed by atoms with E-state index in [1.165, 1.54) is 29.9 Å². The van der Waals surface area contributed by atoms with Crippen molar-refractivity contribution in [3.8, 4) is 11.4 Å². The molecule has 2 amide bonds. The number of amides is 2. The summed E-state index contributed by atoms with van der Waals surface area (Å²) in [6, 6.07) is 10.2. The number of para-hydroxylation sites is 1. The zero-order valence-electron chi connectivity index (χ0n) is 22.0. The highest BCUT2D eigenvalue weighted by molar-refractivity contribution is 9.10. The standard InChI is InChI=1S/C28H29BrFN5O5/c1-16-20(30)13-17(25(36)31-18-7-8-18)14-21(16)35-15-23(29)32-24(26(35)37)33-28(9-10-28)19-5-3-4-6-22(19)40-12-11-34(2)27(38)39/h3-6,13-15,18H,7-12H2,1-2H3,(H,31,36)(H,32,33)(H,38,39). The maximum absolute atomic E-state index is 14.9. The summed E-state index contributed by atoms with van der Waals surface area (Å²) in [6.07, 6.45) is 3.62. The predicted molar refractivity (Wildman–Crippen MR) is 150 cm³/mol. The van der Waals surface area contributed by atoms with Crippen LogP contribution in [0, 0.1) is 12.7 Å². The number of benzene rings is 2. The Morgan fingerprint density at radius 2 is 2.00 bits per heavy atom. The molecule has 12 heteroatoms. The molecular weight excluding hydrogens is 585 g/mol. The van der Waals surface area contributed by atoms with Crippen molar-refractivity contribution in [2.75, 3.05) is 25.5 Å². The average Bonchev–Trinajstić information content (AvgIpc) is 3.85. The number of carbonyl (C=O) groups is 2. The van der Waals surface area contributed by atoms with Crippen LogP contribution in [0.1, 0.15) is 47.2 Å². The molecule has 0 aliphatic heterocycles. The monoisotopic (exact) mass is 613 g/mol. The van der Waals surface area contributed by atoms with Crippen LogP contribution in [0.15, 0.2) is 52.0 Å². The minimum atomic E-state index is -1.04. The summed E-state index contributed by atoms with van der Waals surface area (Å²) in [5, 5.41) is 15.2. The number of hydrogen-bond donors (Lipinski definition) is 3. The maximum Gasteiger partial charge on any atom is 0.407 e. The molecule has 0 radical (unpaired) electrons. The van der Waals surface area contributed by atoms with E-state index in [0.29, 0.717) is 23.2 Å². The van der Waals surface area contributed by atoms with Crippen molar-refractivity contribution in [2.24, 2.45) is 0 Å². The van der Waals surface area contributed by atoms with Crippen molar-refractivity contribution in [3.63, 3.8) is 0 Å². The molecule has 2 aromatic carbocycles. The first-order chi connectivity index (χ1) is 19.1.